The molecule has 0 radical (unpaired) electrons. The third kappa shape index (κ3) is 2.97. The Balaban J connectivity index is 2.45. The minimum absolute atomic E-state index is 0.232. The highest BCUT2D eigenvalue weighted by atomic mass is 16.6. The third-order valence-electron chi connectivity index (χ3n) is 3.38. The molecule has 92 valence electrons. The summed E-state index contributed by atoms with van der Waals surface area (Å²) < 4.78 is 4.95. The molecule has 0 aromatic rings. The van der Waals surface area contributed by atoms with Crippen molar-refractivity contribution in [2.24, 2.45) is 11.3 Å². The van der Waals surface area contributed by atoms with Crippen LogP contribution in [0.25, 0.3) is 0 Å². The fraction of sp³-hybridized carbons (Fsp3) is 0.833. The minimum Gasteiger partial charge on any atom is -0.450 e. The van der Waals surface area contributed by atoms with Crippen molar-refractivity contribution in [1.29, 1.82) is 0 Å². The van der Waals surface area contributed by atoms with Gasteiger partial charge in [0.05, 0.1) is 6.61 Å². The van der Waals surface area contributed by atoms with Gasteiger partial charge < -0.3 is 14.4 Å². The van der Waals surface area contributed by atoms with Gasteiger partial charge in [0.25, 0.3) is 0 Å². The van der Waals surface area contributed by atoms with Gasteiger partial charge in [0.1, 0.15) is 6.29 Å². The van der Waals surface area contributed by atoms with Gasteiger partial charge in [-0.3, -0.25) is 0 Å². The van der Waals surface area contributed by atoms with Gasteiger partial charge in [-0.25, -0.2) is 4.79 Å². The first-order valence-electron chi connectivity index (χ1n) is 5.89. The lowest BCUT2D eigenvalue weighted by Crippen LogP contribution is -2.42. The molecular weight excluding hydrogens is 206 g/mol. The molecule has 16 heavy (non-hydrogen) atoms. The molecule has 1 aliphatic heterocycles. The van der Waals surface area contributed by atoms with E-state index in [0.717, 1.165) is 19.1 Å². The Labute approximate surface area is 96.9 Å². The quantitative estimate of drug-likeness (QED) is 0.693. The molecule has 0 bridgehead atoms. The number of amides is 1. The molecule has 0 saturated carbocycles. The van der Waals surface area contributed by atoms with Gasteiger partial charge in [-0.1, -0.05) is 13.8 Å². The van der Waals surface area contributed by atoms with Gasteiger partial charge in [-0.2, -0.15) is 0 Å². The fourth-order valence-electron chi connectivity index (χ4n) is 2.12. The summed E-state index contributed by atoms with van der Waals surface area (Å²) in [5.41, 5.74) is -0.277. The maximum atomic E-state index is 11.5. The van der Waals surface area contributed by atoms with E-state index in [9.17, 15) is 9.59 Å². The van der Waals surface area contributed by atoms with E-state index in [1.165, 1.54) is 0 Å². The number of hydrogen-bond donors (Lipinski definition) is 0. The summed E-state index contributed by atoms with van der Waals surface area (Å²) in [5, 5.41) is 0. The zero-order valence-corrected chi connectivity index (χ0v) is 10.4. The highest BCUT2D eigenvalue weighted by Crippen LogP contribution is 2.33. The number of likely N-dealkylation sites (tertiary alicyclic amines) is 1. The monoisotopic (exact) mass is 227 g/mol. The summed E-state index contributed by atoms with van der Waals surface area (Å²) in [6, 6.07) is 0. The van der Waals surface area contributed by atoms with Gasteiger partial charge in [0, 0.05) is 18.5 Å². The first-order chi connectivity index (χ1) is 7.51. The normalized spacial score (nSPS) is 18.3. The van der Waals surface area contributed by atoms with Gasteiger partial charge >= 0.3 is 6.09 Å². The summed E-state index contributed by atoms with van der Waals surface area (Å²) in [4.78, 5) is 24.1. The Morgan fingerprint density at radius 1 is 1.44 bits per heavy atom. The molecule has 0 N–H and O–H groups in total. The second-order valence-corrected chi connectivity index (χ2v) is 4.90. The molecule has 0 atom stereocenters. The molecule has 1 aliphatic rings. The van der Waals surface area contributed by atoms with Crippen LogP contribution in [0.5, 0.6) is 0 Å². The molecule has 1 saturated heterocycles. The lowest BCUT2D eigenvalue weighted by Gasteiger charge is -2.37. The Kier molecular flexibility index (Phi) is 4.33. The van der Waals surface area contributed by atoms with Crippen LogP contribution >= 0.6 is 0 Å². The van der Waals surface area contributed by atoms with Crippen LogP contribution in [0.2, 0.25) is 0 Å². The van der Waals surface area contributed by atoms with Gasteiger partial charge in [-0.05, 0) is 25.7 Å². The van der Waals surface area contributed by atoms with Crippen molar-refractivity contribution < 1.29 is 14.3 Å². The number of piperidine rings is 1. The van der Waals surface area contributed by atoms with Gasteiger partial charge in [-0.15, -0.1) is 0 Å². The van der Waals surface area contributed by atoms with Crippen LogP contribution in [0.4, 0.5) is 4.79 Å². The van der Waals surface area contributed by atoms with E-state index in [4.69, 9.17) is 4.74 Å². The number of hydrogen-bond acceptors (Lipinski definition) is 3. The number of ether oxygens (including phenoxy) is 1. The highest BCUT2D eigenvalue weighted by molar-refractivity contribution is 5.67. The number of carbonyl (C=O) groups excluding carboxylic acids is 2. The van der Waals surface area contributed by atoms with E-state index >= 15 is 0 Å². The highest BCUT2D eigenvalue weighted by Gasteiger charge is 2.33. The van der Waals surface area contributed by atoms with E-state index in [2.05, 4.69) is 0 Å². The van der Waals surface area contributed by atoms with Crippen molar-refractivity contribution in [2.75, 3.05) is 19.7 Å². The molecule has 0 aromatic heterocycles. The average molecular weight is 227 g/mol. The number of carbonyl (C=O) groups is 2. The molecule has 4 heteroatoms. The summed E-state index contributed by atoms with van der Waals surface area (Å²) in [7, 11) is 0. The summed E-state index contributed by atoms with van der Waals surface area (Å²) >= 11 is 0. The lowest BCUT2D eigenvalue weighted by molar-refractivity contribution is -0.118. The maximum Gasteiger partial charge on any atom is 0.409 e. The smallest absolute Gasteiger partial charge is 0.409 e. The molecule has 1 fully saturated rings. The SMILES string of the molecule is CCOC(=O)N1CCC(C(C)(C)C=O)CC1. The van der Waals surface area contributed by atoms with Gasteiger partial charge in [0.2, 0.25) is 0 Å². The average Bonchev–Trinajstić information content (AvgIpc) is 2.29. The van der Waals surface area contributed by atoms with Crippen molar-refractivity contribution in [1.82, 2.24) is 4.90 Å². The van der Waals surface area contributed by atoms with E-state index in [1.54, 1.807) is 11.8 Å². The first-order valence-corrected chi connectivity index (χ1v) is 5.89. The lowest BCUT2D eigenvalue weighted by atomic mass is 9.75. The van der Waals surface area contributed by atoms with Crippen LogP contribution in [0.3, 0.4) is 0 Å². The second kappa shape index (κ2) is 5.32. The first kappa shape index (κ1) is 13.0. The Morgan fingerprint density at radius 2 is 2.00 bits per heavy atom. The van der Waals surface area contributed by atoms with Crippen molar-refractivity contribution in [3.05, 3.63) is 0 Å². The Hall–Kier alpha value is -1.06. The van der Waals surface area contributed by atoms with Crippen molar-refractivity contribution in [3.63, 3.8) is 0 Å². The van der Waals surface area contributed by atoms with E-state index in [0.29, 0.717) is 25.6 Å². The minimum atomic E-state index is -0.277. The topological polar surface area (TPSA) is 46.6 Å². The Bertz CT molecular complexity index is 255. The van der Waals surface area contributed by atoms with Crippen LogP contribution in [0.1, 0.15) is 33.6 Å². The zero-order chi connectivity index (χ0) is 12.2. The number of rotatable bonds is 3. The Morgan fingerprint density at radius 3 is 2.44 bits per heavy atom. The van der Waals surface area contributed by atoms with Crippen molar-refractivity contribution in [2.45, 2.75) is 33.6 Å². The van der Waals surface area contributed by atoms with E-state index < -0.39 is 0 Å². The maximum absolute atomic E-state index is 11.5. The third-order valence-corrected chi connectivity index (χ3v) is 3.38. The van der Waals surface area contributed by atoms with E-state index in [1.807, 2.05) is 13.8 Å². The fourth-order valence-corrected chi connectivity index (χ4v) is 2.12. The zero-order valence-electron chi connectivity index (χ0n) is 10.4. The molecule has 0 aliphatic carbocycles. The predicted molar refractivity (Wildman–Crippen MR) is 61.2 cm³/mol. The second-order valence-electron chi connectivity index (χ2n) is 4.90. The predicted octanol–water partition coefficient (Wildman–Crippen LogP) is 2.08. The van der Waals surface area contributed by atoms with Crippen LogP contribution < -0.4 is 0 Å². The molecule has 1 rings (SSSR count). The molecule has 4 nitrogen and oxygen atoms in total. The molecule has 0 aromatic carbocycles. The summed E-state index contributed by atoms with van der Waals surface area (Å²) in [6.45, 7) is 7.54. The van der Waals surface area contributed by atoms with Crippen molar-refractivity contribution >= 4 is 12.4 Å². The van der Waals surface area contributed by atoms with Crippen LogP contribution in [0.15, 0.2) is 0 Å². The summed E-state index contributed by atoms with van der Waals surface area (Å²) in [6.07, 6.45) is 2.55. The van der Waals surface area contributed by atoms with Crippen molar-refractivity contribution in [3.8, 4) is 0 Å². The standard InChI is InChI=1S/C12H21NO3/c1-4-16-11(15)13-7-5-10(6-8-13)12(2,3)9-14/h9-10H,4-8H2,1-3H3. The number of aldehydes is 1. The van der Waals surface area contributed by atoms with E-state index in [-0.39, 0.29) is 11.5 Å². The molecule has 0 unspecified atom stereocenters. The summed E-state index contributed by atoms with van der Waals surface area (Å²) in [5.74, 6) is 0.371. The number of nitrogens with zero attached hydrogens (tertiary/aromatic N) is 1. The molecule has 1 amide bonds. The van der Waals surface area contributed by atoms with Crippen LogP contribution in [-0.4, -0.2) is 37.0 Å². The van der Waals surface area contributed by atoms with Crippen LogP contribution in [0, 0.1) is 11.3 Å². The van der Waals surface area contributed by atoms with Gasteiger partial charge in [0.15, 0.2) is 0 Å². The molecule has 1 heterocycles. The van der Waals surface area contributed by atoms with Crippen LogP contribution in [-0.2, 0) is 9.53 Å². The largest absolute Gasteiger partial charge is 0.450 e. The molecular formula is C12H21NO3. The molecule has 0 spiro atoms.